The second kappa shape index (κ2) is 5.37. The van der Waals surface area contributed by atoms with Crippen LogP contribution in [0.5, 0.6) is 0 Å². The third-order valence-corrected chi connectivity index (χ3v) is 3.12. The Kier molecular flexibility index (Phi) is 3.84. The molecule has 1 aromatic carbocycles. The van der Waals surface area contributed by atoms with Gasteiger partial charge in [-0.15, -0.1) is 0 Å². The summed E-state index contributed by atoms with van der Waals surface area (Å²) in [5.41, 5.74) is 2.95. The summed E-state index contributed by atoms with van der Waals surface area (Å²) in [4.78, 5) is 13.1. The molecule has 1 heterocycles. The zero-order chi connectivity index (χ0) is 13.1. The predicted molar refractivity (Wildman–Crippen MR) is 69.8 cm³/mol. The fraction of sp³-hybridized carbons (Fsp3) is 0.462. The highest BCUT2D eigenvalue weighted by atomic mass is 16.3. The molecular formula is C13H18N2O3. The number of nitrogens with zero attached hydrogens (tertiary/aromatic N) is 1. The number of likely N-dealkylation sites (N-methyl/N-ethyl adjacent to an activating group) is 1. The van der Waals surface area contributed by atoms with E-state index in [1.54, 1.807) is 0 Å². The van der Waals surface area contributed by atoms with Crippen molar-refractivity contribution in [2.45, 2.75) is 18.9 Å². The number of aliphatic hydroxyl groups is 2. The molecule has 1 aliphatic rings. The van der Waals surface area contributed by atoms with E-state index in [2.05, 4.69) is 5.32 Å². The first-order valence-corrected chi connectivity index (χ1v) is 6.03. The lowest BCUT2D eigenvalue weighted by atomic mass is 10.0. The third-order valence-electron chi connectivity index (χ3n) is 3.12. The summed E-state index contributed by atoms with van der Waals surface area (Å²) in [5.74, 6) is 0.0549. The Morgan fingerprint density at radius 1 is 1.44 bits per heavy atom. The first-order chi connectivity index (χ1) is 8.60. The molecule has 5 heteroatoms. The van der Waals surface area contributed by atoms with Crippen molar-refractivity contribution in [1.82, 2.24) is 0 Å². The van der Waals surface area contributed by atoms with Gasteiger partial charge in [-0.3, -0.25) is 4.79 Å². The SMILES string of the molecule is CN(CC(O)CO)c1ccc2c(c1)CCC(=O)N2. The van der Waals surface area contributed by atoms with Crippen molar-refractivity contribution in [1.29, 1.82) is 0 Å². The number of aryl methyl sites for hydroxylation is 1. The Bertz CT molecular complexity index is 448. The summed E-state index contributed by atoms with van der Waals surface area (Å²) < 4.78 is 0. The number of carbonyl (C=O) groups is 1. The van der Waals surface area contributed by atoms with Gasteiger partial charge in [-0.25, -0.2) is 0 Å². The summed E-state index contributed by atoms with van der Waals surface area (Å²) in [5, 5.41) is 21.1. The maximum atomic E-state index is 11.2. The quantitative estimate of drug-likeness (QED) is 0.721. The summed E-state index contributed by atoms with van der Waals surface area (Å²) >= 11 is 0. The minimum absolute atomic E-state index is 0.0549. The van der Waals surface area contributed by atoms with Crippen molar-refractivity contribution >= 4 is 17.3 Å². The van der Waals surface area contributed by atoms with E-state index in [1.165, 1.54) is 0 Å². The van der Waals surface area contributed by atoms with Crippen LogP contribution in [0.3, 0.4) is 0 Å². The molecule has 1 amide bonds. The van der Waals surface area contributed by atoms with Gasteiger partial charge in [0.15, 0.2) is 0 Å². The molecule has 18 heavy (non-hydrogen) atoms. The lowest BCUT2D eigenvalue weighted by Crippen LogP contribution is -2.31. The van der Waals surface area contributed by atoms with E-state index in [-0.39, 0.29) is 12.5 Å². The first kappa shape index (κ1) is 12.9. The smallest absolute Gasteiger partial charge is 0.224 e. The zero-order valence-corrected chi connectivity index (χ0v) is 10.4. The van der Waals surface area contributed by atoms with Gasteiger partial charge in [0, 0.05) is 31.4 Å². The van der Waals surface area contributed by atoms with Crippen LogP contribution in [0.25, 0.3) is 0 Å². The van der Waals surface area contributed by atoms with Crippen molar-refractivity contribution in [2.24, 2.45) is 0 Å². The number of nitrogens with one attached hydrogen (secondary N) is 1. The number of aliphatic hydroxyl groups excluding tert-OH is 2. The van der Waals surface area contributed by atoms with Crippen molar-refractivity contribution < 1.29 is 15.0 Å². The van der Waals surface area contributed by atoms with Gasteiger partial charge in [0.05, 0.1) is 12.7 Å². The molecule has 1 atom stereocenters. The summed E-state index contributed by atoms with van der Waals surface area (Å²) in [6, 6.07) is 5.79. The van der Waals surface area contributed by atoms with Gasteiger partial charge >= 0.3 is 0 Å². The second-order valence-electron chi connectivity index (χ2n) is 4.61. The van der Waals surface area contributed by atoms with Crippen LogP contribution in [0.1, 0.15) is 12.0 Å². The number of hydrogen-bond donors (Lipinski definition) is 3. The molecular weight excluding hydrogens is 232 g/mol. The lowest BCUT2D eigenvalue weighted by Gasteiger charge is -2.24. The van der Waals surface area contributed by atoms with E-state index >= 15 is 0 Å². The molecule has 0 fully saturated rings. The molecule has 1 aliphatic heterocycles. The monoisotopic (exact) mass is 250 g/mol. The number of hydrogen-bond acceptors (Lipinski definition) is 4. The molecule has 0 bridgehead atoms. The second-order valence-corrected chi connectivity index (χ2v) is 4.61. The topological polar surface area (TPSA) is 72.8 Å². The minimum atomic E-state index is -0.745. The molecule has 3 N–H and O–H groups in total. The standard InChI is InChI=1S/C13H18N2O3/c1-15(7-11(17)8-16)10-3-4-12-9(6-10)2-5-13(18)14-12/h3-4,6,11,16-17H,2,5,7-8H2,1H3,(H,14,18). The molecule has 1 aromatic rings. The molecule has 0 spiro atoms. The van der Waals surface area contributed by atoms with Gasteiger partial charge in [0.25, 0.3) is 0 Å². The molecule has 0 saturated carbocycles. The highest BCUT2D eigenvalue weighted by molar-refractivity contribution is 5.94. The van der Waals surface area contributed by atoms with Crippen molar-refractivity contribution in [3.8, 4) is 0 Å². The highest BCUT2D eigenvalue weighted by Crippen LogP contribution is 2.27. The molecule has 5 nitrogen and oxygen atoms in total. The lowest BCUT2D eigenvalue weighted by molar-refractivity contribution is -0.116. The third kappa shape index (κ3) is 2.80. The van der Waals surface area contributed by atoms with E-state index in [0.717, 1.165) is 23.4 Å². The molecule has 0 aliphatic carbocycles. The molecule has 98 valence electrons. The van der Waals surface area contributed by atoms with Gasteiger partial charge in [-0.1, -0.05) is 0 Å². The van der Waals surface area contributed by atoms with Crippen LogP contribution in [0.4, 0.5) is 11.4 Å². The molecule has 1 unspecified atom stereocenters. The average Bonchev–Trinajstić information content (AvgIpc) is 2.37. The average molecular weight is 250 g/mol. The largest absolute Gasteiger partial charge is 0.394 e. The summed E-state index contributed by atoms with van der Waals surface area (Å²) in [6.07, 6.45) is 0.510. The summed E-state index contributed by atoms with van der Waals surface area (Å²) in [6.45, 7) is 0.132. The number of anilines is 2. The van der Waals surface area contributed by atoms with Crippen LogP contribution >= 0.6 is 0 Å². The van der Waals surface area contributed by atoms with Crippen LogP contribution in [-0.4, -0.2) is 42.4 Å². The van der Waals surface area contributed by atoms with Gasteiger partial charge in [-0.2, -0.15) is 0 Å². The van der Waals surface area contributed by atoms with Crippen molar-refractivity contribution in [3.05, 3.63) is 23.8 Å². The molecule has 0 saturated heterocycles. The van der Waals surface area contributed by atoms with Gasteiger partial charge < -0.3 is 20.4 Å². The van der Waals surface area contributed by atoms with Crippen molar-refractivity contribution in [2.75, 3.05) is 30.4 Å². The van der Waals surface area contributed by atoms with E-state index < -0.39 is 6.10 Å². The molecule has 0 aromatic heterocycles. The fourth-order valence-corrected chi connectivity index (χ4v) is 2.09. The zero-order valence-electron chi connectivity index (χ0n) is 10.4. The van der Waals surface area contributed by atoms with Gasteiger partial charge in [0.1, 0.15) is 0 Å². The van der Waals surface area contributed by atoms with E-state index in [1.807, 2.05) is 30.1 Å². The van der Waals surface area contributed by atoms with Gasteiger partial charge in [-0.05, 0) is 30.2 Å². The Labute approximate surface area is 106 Å². The number of carbonyl (C=O) groups excluding carboxylic acids is 1. The van der Waals surface area contributed by atoms with E-state index in [4.69, 9.17) is 5.11 Å². The number of amides is 1. The number of rotatable bonds is 4. The maximum Gasteiger partial charge on any atom is 0.224 e. The normalized spacial score (nSPS) is 15.8. The molecule has 0 radical (unpaired) electrons. The number of fused-ring (bicyclic) bond motifs is 1. The Morgan fingerprint density at radius 2 is 2.22 bits per heavy atom. The minimum Gasteiger partial charge on any atom is -0.394 e. The van der Waals surface area contributed by atoms with Crippen molar-refractivity contribution in [3.63, 3.8) is 0 Å². The molecule has 2 rings (SSSR count). The Hall–Kier alpha value is -1.59. The Morgan fingerprint density at radius 3 is 2.94 bits per heavy atom. The number of benzene rings is 1. The van der Waals surface area contributed by atoms with Crippen LogP contribution in [-0.2, 0) is 11.2 Å². The highest BCUT2D eigenvalue weighted by Gasteiger charge is 2.16. The van der Waals surface area contributed by atoms with Gasteiger partial charge in [0.2, 0.25) is 5.91 Å². The van der Waals surface area contributed by atoms with Crippen LogP contribution in [0, 0.1) is 0 Å². The first-order valence-electron chi connectivity index (χ1n) is 6.03. The van der Waals surface area contributed by atoms with E-state index in [0.29, 0.717) is 13.0 Å². The van der Waals surface area contributed by atoms with E-state index in [9.17, 15) is 9.90 Å². The van der Waals surface area contributed by atoms with Crippen LogP contribution < -0.4 is 10.2 Å². The predicted octanol–water partition coefficient (Wildman–Crippen LogP) is 0.361. The summed E-state index contributed by atoms with van der Waals surface area (Å²) in [7, 11) is 1.86. The maximum absolute atomic E-state index is 11.2. The van der Waals surface area contributed by atoms with Crippen LogP contribution in [0.2, 0.25) is 0 Å². The van der Waals surface area contributed by atoms with Crippen LogP contribution in [0.15, 0.2) is 18.2 Å². The Balaban J connectivity index is 2.13. The fourth-order valence-electron chi connectivity index (χ4n) is 2.09.